The lowest BCUT2D eigenvalue weighted by Gasteiger charge is -2.06. The first-order valence-corrected chi connectivity index (χ1v) is 6.98. The molecule has 118 valence electrons. The van der Waals surface area contributed by atoms with Gasteiger partial charge in [-0.25, -0.2) is 4.79 Å². The second-order valence-corrected chi connectivity index (χ2v) is 4.79. The van der Waals surface area contributed by atoms with Crippen LogP contribution in [-0.4, -0.2) is 29.3 Å². The van der Waals surface area contributed by atoms with E-state index >= 15 is 0 Å². The van der Waals surface area contributed by atoms with Crippen LogP contribution in [0.15, 0.2) is 29.4 Å². The number of nitrogens with zero attached hydrogens (tertiary/aromatic N) is 1. The zero-order valence-electron chi connectivity index (χ0n) is 12.4. The van der Waals surface area contributed by atoms with Gasteiger partial charge in [-0.1, -0.05) is 0 Å². The highest BCUT2D eigenvalue weighted by Crippen LogP contribution is 2.11. The number of carbonyl (C=O) groups is 2. The summed E-state index contributed by atoms with van der Waals surface area (Å²) in [6.07, 6.45) is 0.0925. The van der Waals surface area contributed by atoms with Crippen LogP contribution in [0.2, 0.25) is 0 Å². The fraction of sp³-hybridized carbons (Fsp3) is 0.286. The quantitative estimate of drug-likeness (QED) is 0.316. The van der Waals surface area contributed by atoms with Crippen LogP contribution < -0.4 is 16.5 Å². The zero-order valence-corrected chi connectivity index (χ0v) is 13.2. The van der Waals surface area contributed by atoms with Gasteiger partial charge >= 0.3 is 5.97 Å². The van der Waals surface area contributed by atoms with Crippen molar-refractivity contribution in [2.24, 2.45) is 10.8 Å². The molecule has 0 spiro atoms. The molecule has 1 rings (SSSR count). The van der Waals surface area contributed by atoms with Crippen LogP contribution in [0.3, 0.4) is 0 Å². The summed E-state index contributed by atoms with van der Waals surface area (Å²) in [5.41, 5.74) is 9.18. The van der Waals surface area contributed by atoms with E-state index in [1.807, 2.05) is 0 Å². The highest BCUT2D eigenvalue weighted by atomic mass is 32.1. The van der Waals surface area contributed by atoms with E-state index in [2.05, 4.69) is 28.1 Å². The van der Waals surface area contributed by atoms with Gasteiger partial charge in [0.15, 0.2) is 5.11 Å². The molecule has 7 nitrogen and oxygen atoms in total. The van der Waals surface area contributed by atoms with Gasteiger partial charge in [0.1, 0.15) is 0 Å². The maximum absolute atomic E-state index is 11.8. The molecule has 0 saturated carbocycles. The van der Waals surface area contributed by atoms with Crippen LogP contribution in [-0.2, 0) is 9.53 Å². The molecule has 1 aromatic rings. The number of hydrogen-bond acceptors (Lipinski definition) is 5. The summed E-state index contributed by atoms with van der Waals surface area (Å²) in [7, 11) is 0. The van der Waals surface area contributed by atoms with E-state index in [1.54, 1.807) is 38.1 Å². The molecule has 0 aliphatic rings. The van der Waals surface area contributed by atoms with Gasteiger partial charge in [-0.2, -0.15) is 5.10 Å². The summed E-state index contributed by atoms with van der Waals surface area (Å²) in [6, 6.07) is 6.43. The lowest BCUT2D eigenvalue weighted by Crippen LogP contribution is -2.26. The molecule has 0 atom stereocenters. The van der Waals surface area contributed by atoms with Crippen LogP contribution >= 0.6 is 12.2 Å². The maximum Gasteiger partial charge on any atom is 0.338 e. The number of thiocarbonyl (C=S) groups is 1. The van der Waals surface area contributed by atoms with Gasteiger partial charge < -0.3 is 15.8 Å². The smallest absolute Gasteiger partial charge is 0.338 e. The highest BCUT2D eigenvalue weighted by Gasteiger charge is 2.08. The van der Waals surface area contributed by atoms with Crippen molar-refractivity contribution in [3.63, 3.8) is 0 Å². The number of anilines is 1. The Balaban J connectivity index is 2.56. The minimum absolute atomic E-state index is 0.0364. The van der Waals surface area contributed by atoms with Crippen LogP contribution in [0.5, 0.6) is 0 Å². The maximum atomic E-state index is 11.8. The summed E-state index contributed by atoms with van der Waals surface area (Å²) in [5.74, 6) is -0.637. The summed E-state index contributed by atoms with van der Waals surface area (Å²) in [6.45, 7) is 3.73. The Kier molecular flexibility index (Phi) is 6.97. The van der Waals surface area contributed by atoms with E-state index in [0.717, 1.165) is 0 Å². The number of hydrazone groups is 1. The van der Waals surface area contributed by atoms with E-state index in [9.17, 15) is 9.59 Å². The Bertz CT molecular complexity index is 584. The van der Waals surface area contributed by atoms with E-state index in [0.29, 0.717) is 23.6 Å². The van der Waals surface area contributed by atoms with Crippen molar-refractivity contribution < 1.29 is 14.3 Å². The van der Waals surface area contributed by atoms with Gasteiger partial charge in [-0.15, -0.1) is 0 Å². The molecule has 8 heteroatoms. The molecular formula is C14H18N4O3S. The van der Waals surface area contributed by atoms with Gasteiger partial charge in [0, 0.05) is 11.4 Å². The van der Waals surface area contributed by atoms with Crippen molar-refractivity contribution in [3.05, 3.63) is 29.8 Å². The van der Waals surface area contributed by atoms with Gasteiger partial charge in [-0.3, -0.25) is 10.2 Å². The van der Waals surface area contributed by atoms with Crippen molar-refractivity contribution in [1.29, 1.82) is 0 Å². The van der Waals surface area contributed by atoms with Crippen molar-refractivity contribution in [1.82, 2.24) is 5.43 Å². The first kappa shape index (κ1) is 17.6. The van der Waals surface area contributed by atoms with Crippen molar-refractivity contribution in [2.45, 2.75) is 20.3 Å². The average molecular weight is 322 g/mol. The number of esters is 1. The predicted molar refractivity (Wildman–Crippen MR) is 88.7 cm³/mol. The van der Waals surface area contributed by atoms with Gasteiger partial charge in [0.2, 0.25) is 5.91 Å². The third-order valence-electron chi connectivity index (χ3n) is 2.45. The molecule has 0 aromatic heterocycles. The average Bonchev–Trinajstić information content (AvgIpc) is 2.46. The van der Waals surface area contributed by atoms with Gasteiger partial charge in [0.25, 0.3) is 0 Å². The SMILES string of the molecule is CCOC(=O)c1ccc(NC(=O)C/C(C)=N/NC(N)=S)cc1. The number of nitrogens with two attached hydrogens (primary N) is 1. The van der Waals surface area contributed by atoms with Crippen molar-refractivity contribution >= 4 is 40.6 Å². The Morgan fingerprint density at radius 1 is 1.32 bits per heavy atom. The van der Waals surface area contributed by atoms with Crippen molar-refractivity contribution in [2.75, 3.05) is 11.9 Å². The largest absolute Gasteiger partial charge is 0.462 e. The summed E-state index contributed by atoms with van der Waals surface area (Å²) in [4.78, 5) is 23.3. The fourth-order valence-electron chi connectivity index (χ4n) is 1.53. The van der Waals surface area contributed by atoms with Gasteiger partial charge in [0.05, 0.1) is 18.6 Å². The van der Waals surface area contributed by atoms with Gasteiger partial charge in [-0.05, 0) is 50.3 Å². The Hall–Kier alpha value is -2.48. The number of nitrogens with one attached hydrogen (secondary N) is 2. The molecule has 0 aliphatic carbocycles. The van der Waals surface area contributed by atoms with Crippen LogP contribution in [0.1, 0.15) is 30.6 Å². The molecular weight excluding hydrogens is 304 g/mol. The van der Waals surface area contributed by atoms with E-state index in [1.165, 1.54) is 0 Å². The lowest BCUT2D eigenvalue weighted by molar-refractivity contribution is -0.115. The molecule has 0 unspecified atom stereocenters. The second kappa shape index (κ2) is 8.73. The van der Waals surface area contributed by atoms with E-state index in [-0.39, 0.29) is 17.4 Å². The van der Waals surface area contributed by atoms with Crippen molar-refractivity contribution in [3.8, 4) is 0 Å². The van der Waals surface area contributed by atoms with Crippen LogP contribution in [0.4, 0.5) is 5.69 Å². The summed E-state index contributed by atoms with van der Waals surface area (Å²) >= 11 is 4.61. The molecule has 0 aliphatic heterocycles. The van der Waals surface area contributed by atoms with E-state index < -0.39 is 5.97 Å². The molecule has 1 amide bonds. The van der Waals surface area contributed by atoms with Crippen LogP contribution in [0.25, 0.3) is 0 Å². The monoisotopic (exact) mass is 322 g/mol. The number of amides is 1. The second-order valence-electron chi connectivity index (χ2n) is 4.35. The number of benzene rings is 1. The Morgan fingerprint density at radius 2 is 1.95 bits per heavy atom. The summed E-state index contributed by atoms with van der Waals surface area (Å²) in [5, 5.41) is 6.57. The molecule has 0 saturated heterocycles. The molecule has 0 radical (unpaired) electrons. The zero-order chi connectivity index (χ0) is 16.5. The minimum Gasteiger partial charge on any atom is -0.462 e. The first-order valence-electron chi connectivity index (χ1n) is 6.58. The predicted octanol–water partition coefficient (Wildman–Crippen LogP) is 1.40. The molecule has 0 heterocycles. The lowest BCUT2D eigenvalue weighted by atomic mass is 10.2. The van der Waals surface area contributed by atoms with E-state index in [4.69, 9.17) is 10.5 Å². The Labute approximate surface area is 133 Å². The number of carbonyl (C=O) groups excluding carboxylic acids is 2. The molecule has 4 N–H and O–H groups in total. The highest BCUT2D eigenvalue weighted by molar-refractivity contribution is 7.80. The normalized spacial score (nSPS) is 10.7. The molecule has 22 heavy (non-hydrogen) atoms. The first-order chi connectivity index (χ1) is 10.4. The number of rotatable bonds is 6. The number of hydrogen-bond donors (Lipinski definition) is 3. The molecule has 0 fully saturated rings. The molecule has 0 bridgehead atoms. The fourth-order valence-corrected chi connectivity index (χ4v) is 1.58. The van der Waals surface area contributed by atoms with Crippen LogP contribution in [0, 0.1) is 0 Å². The minimum atomic E-state index is -0.396. The third-order valence-corrected chi connectivity index (χ3v) is 2.54. The topological polar surface area (TPSA) is 106 Å². The summed E-state index contributed by atoms with van der Waals surface area (Å²) < 4.78 is 4.88. The number of ether oxygens (including phenoxy) is 1. The standard InChI is InChI=1S/C14H18N4O3S/c1-3-21-13(20)10-4-6-11(7-5-10)16-12(19)8-9(2)17-18-14(15)22/h4-7H,3,8H2,1-2H3,(H,16,19)(H3,15,18,22)/b17-9+. The Morgan fingerprint density at radius 3 is 2.50 bits per heavy atom. The molecule has 1 aromatic carbocycles. The third kappa shape index (κ3) is 6.31.